The number of aromatic carboxylic acids is 1. The van der Waals surface area contributed by atoms with Crippen LogP contribution in [0.3, 0.4) is 0 Å². The van der Waals surface area contributed by atoms with Gasteiger partial charge in [-0.1, -0.05) is 12.1 Å². The second-order valence-corrected chi connectivity index (χ2v) is 4.92. The summed E-state index contributed by atoms with van der Waals surface area (Å²) in [5.41, 5.74) is 5.81. The summed E-state index contributed by atoms with van der Waals surface area (Å²) in [4.78, 5) is 23.7. The van der Waals surface area contributed by atoms with Gasteiger partial charge in [-0.05, 0) is 24.1 Å². The Bertz CT molecular complexity index is 500. The molecule has 1 atom stereocenters. The molecule has 0 spiro atoms. The molecule has 1 aliphatic rings. The molecule has 6 nitrogen and oxygen atoms in total. The number of hydrogen-bond donors (Lipinski definition) is 3. The van der Waals surface area contributed by atoms with Crippen molar-refractivity contribution in [2.45, 2.75) is 18.5 Å². The summed E-state index contributed by atoms with van der Waals surface area (Å²) in [5, 5.41) is 17.8. The van der Waals surface area contributed by atoms with Crippen molar-refractivity contribution < 1.29 is 19.8 Å². The average molecular weight is 264 g/mol. The minimum atomic E-state index is -1.17. The molecule has 1 heterocycles. The zero-order valence-corrected chi connectivity index (χ0v) is 10.4. The van der Waals surface area contributed by atoms with Gasteiger partial charge in [0.05, 0.1) is 5.56 Å². The van der Waals surface area contributed by atoms with Crippen LogP contribution in [0.4, 0.5) is 0 Å². The van der Waals surface area contributed by atoms with Gasteiger partial charge in [0.15, 0.2) is 0 Å². The van der Waals surface area contributed by atoms with E-state index in [1.807, 2.05) is 4.90 Å². The summed E-state index contributed by atoms with van der Waals surface area (Å²) < 4.78 is 0. The Morgan fingerprint density at radius 1 is 1.26 bits per heavy atom. The predicted molar refractivity (Wildman–Crippen MR) is 67.8 cm³/mol. The van der Waals surface area contributed by atoms with Crippen LogP contribution in [-0.4, -0.2) is 45.7 Å². The highest BCUT2D eigenvalue weighted by Gasteiger charge is 2.40. The van der Waals surface area contributed by atoms with Crippen LogP contribution in [0, 0.1) is 0 Å². The maximum atomic E-state index is 11.0. The molecule has 0 radical (unpaired) electrons. The molecule has 102 valence electrons. The molecule has 19 heavy (non-hydrogen) atoms. The number of hydrogen-bond acceptors (Lipinski definition) is 4. The lowest BCUT2D eigenvalue weighted by Crippen LogP contribution is -2.50. The molecule has 1 aliphatic heterocycles. The molecular weight excluding hydrogens is 248 g/mol. The molecule has 0 saturated carbocycles. The van der Waals surface area contributed by atoms with E-state index in [1.165, 1.54) is 0 Å². The fourth-order valence-corrected chi connectivity index (χ4v) is 2.24. The molecular formula is C13H16N2O4. The third-order valence-electron chi connectivity index (χ3n) is 3.41. The van der Waals surface area contributed by atoms with Crippen LogP contribution in [-0.2, 0) is 11.3 Å². The Balaban J connectivity index is 1.99. The lowest BCUT2D eigenvalue weighted by atomic mass is 10.0. The zero-order valence-electron chi connectivity index (χ0n) is 10.4. The summed E-state index contributed by atoms with van der Waals surface area (Å²) in [6.07, 6.45) is 0.426. The number of benzene rings is 1. The van der Waals surface area contributed by atoms with E-state index in [4.69, 9.17) is 15.9 Å². The molecule has 1 aromatic carbocycles. The number of carbonyl (C=O) groups is 2. The number of carboxylic acid groups (broad SMARTS) is 2. The lowest BCUT2D eigenvalue weighted by molar-refractivity contribution is -0.142. The van der Waals surface area contributed by atoms with Gasteiger partial charge in [-0.25, -0.2) is 4.79 Å². The Morgan fingerprint density at radius 3 is 2.37 bits per heavy atom. The van der Waals surface area contributed by atoms with Crippen LogP contribution in [0.2, 0.25) is 0 Å². The zero-order chi connectivity index (χ0) is 14.0. The molecule has 0 bridgehead atoms. The highest BCUT2D eigenvalue weighted by atomic mass is 16.4. The van der Waals surface area contributed by atoms with Crippen LogP contribution in [0.25, 0.3) is 0 Å². The highest BCUT2D eigenvalue weighted by Crippen LogP contribution is 2.21. The van der Waals surface area contributed by atoms with E-state index in [1.54, 1.807) is 24.3 Å². The molecule has 0 amide bonds. The SMILES string of the molecule is NC1(C(=O)O)CCN(Cc2ccc(C(=O)O)cc2)C1. The second kappa shape index (κ2) is 4.99. The van der Waals surface area contributed by atoms with Crippen LogP contribution in [0.5, 0.6) is 0 Å². The maximum absolute atomic E-state index is 11.0. The van der Waals surface area contributed by atoms with Gasteiger partial charge in [0, 0.05) is 19.6 Å². The number of rotatable bonds is 4. The van der Waals surface area contributed by atoms with E-state index >= 15 is 0 Å². The minimum absolute atomic E-state index is 0.240. The maximum Gasteiger partial charge on any atom is 0.335 e. The first kappa shape index (κ1) is 13.5. The normalized spacial score (nSPS) is 23.4. The molecule has 6 heteroatoms. The van der Waals surface area contributed by atoms with Crippen LogP contribution in [0.15, 0.2) is 24.3 Å². The lowest BCUT2D eigenvalue weighted by Gasteiger charge is -2.20. The first-order valence-electron chi connectivity index (χ1n) is 5.97. The Hall–Kier alpha value is -1.92. The summed E-state index contributed by atoms with van der Waals surface area (Å²) >= 11 is 0. The van der Waals surface area contributed by atoms with Crippen molar-refractivity contribution >= 4 is 11.9 Å². The van der Waals surface area contributed by atoms with Crippen molar-refractivity contribution in [3.8, 4) is 0 Å². The van der Waals surface area contributed by atoms with E-state index in [0.29, 0.717) is 26.1 Å². The van der Waals surface area contributed by atoms with E-state index in [9.17, 15) is 9.59 Å². The topological polar surface area (TPSA) is 104 Å². The standard InChI is InChI=1S/C13H16N2O4/c14-13(12(18)19)5-6-15(8-13)7-9-1-3-10(4-2-9)11(16)17/h1-4H,5-8,14H2,(H,16,17)(H,18,19). The van der Waals surface area contributed by atoms with Crippen molar-refractivity contribution in [1.29, 1.82) is 0 Å². The molecule has 0 aromatic heterocycles. The monoisotopic (exact) mass is 264 g/mol. The Labute approximate surface area is 110 Å². The number of nitrogens with zero attached hydrogens (tertiary/aromatic N) is 1. The van der Waals surface area contributed by atoms with Gasteiger partial charge in [-0.2, -0.15) is 0 Å². The van der Waals surface area contributed by atoms with Crippen molar-refractivity contribution in [3.05, 3.63) is 35.4 Å². The quantitative estimate of drug-likeness (QED) is 0.726. The fraction of sp³-hybridized carbons (Fsp3) is 0.385. The van der Waals surface area contributed by atoms with Crippen molar-refractivity contribution in [1.82, 2.24) is 4.90 Å². The summed E-state index contributed by atoms with van der Waals surface area (Å²) in [6.45, 7) is 1.51. The van der Waals surface area contributed by atoms with Crippen molar-refractivity contribution in [2.75, 3.05) is 13.1 Å². The Morgan fingerprint density at radius 2 is 1.89 bits per heavy atom. The van der Waals surface area contributed by atoms with Crippen LogP contribution in [0.1, 0.15) is 22.3 Å². The van der Waals surface area contributed by atoms with Gasteiger partial charge < -0.3 is 15.9 Å². The van der Waals surface area contributed by atoms with Gasteiger partial charge >= 0.3 is 11.9 Å². The fourth-order valence-electron chi connectivity index (χ4n) is 2.24. The molecule has 0 aliphatic carbocycles. The Kier molecular flexibility index (Phi) is 3.55. The number of carboxylic acids is 2. The highest BCUT2D eigenvalue weighted by molar-refractivity contribution is 5.87. The number of likely N-dealkylation sites (tertiary alicyclic amines) is 1. The number of nitrogens with two attached hydrogens (primary N) is 1. The molecule has 2 rings (SSSR count). The summed E-state index contributed by atoms with van der Waals surface area (Å²) in [5.74, 6) is -1.93. The van der Waals surface area contributed by atoms with Gasteiger partial charge in [0.2, 0.25) is 0 Å². The minimum Gasteiger partial charge on any atom is -0.480 e. The average Bonchev–Trinajstić information content (AvgIpc) is 2.73. The molecule has 1 saturated heterocycles. The summed E-state index contributed by atoms with van der Waals surface area (Å²) in [7, 11) is 0. The van der Waals surface area contributed by atoms with Gasteiger partial charge in [-0.3, -0.25) is 9.69 Å². The first-order chi connectivity index (χ1) is 8.90. The smallest absolute Gasteiger partial charge is 0.335 e. The van der Waals surface area contributed by atoms with E-state index in [0.717, 1.165) is 5.56 Å². The number of aliphatic carboxylic acids is 1. The predicted octanol–water partition coefficient (Wildman–Crippen LogP) is 0.373. The van der Waals surface area contributed by atoms with E-state index in [2.05, 4.69) is 0 Å². The van der Waals surface area contributed by atoms with Crippen LogP contribution >= 0.6 is 0 Å². The summed E-state index contributed by atoms with van der Waals surface area (Å²) in [6, 6.07) is 6.56. The van der Waals surface area contributed by atoms with Gasteiger partial charge in [0.25, 0.3) is 0 Å². The van der Waals surface area contributed by atoms with Crippen molar-refractivity contribution in [2.24, 2.45) is 5.73 Å². The van der Waals surface area contributed by atoms with E-state index in [-0.39, 0.29) is 5.56 Å². The van der Waals surface area contributed by atoms with Crippen molar-refractivity contribution in [3.63, 3.8) is 0 Å². The van der Waals surface area contributed by atoms with Gasteiger partial charge in [0.1, 0.15) is 5.54 Å². The first-order valence-corrected chi connectivity index (χ1v) is 5.97. The molecule has 1 fully saturated rings. The van der Waals surface area contributed by atoms with E-state index < -0.39 is 17.5 Å². The van der Waals surface area contributed by atoms with Crippen LogP contribution < -0.4 is 5.73 Å². The molecule has 4 N–H and O–H groups in total. The third kappa shape index (κ3) is 2.91. The largest absolute Gasteiger partial charge is 0.480 e. The third-order valence-corrected chi connectivity index (χ3v) is 3.41. The molecule has 1 unspecified atom stereocenters. The second-order valence-electron chi connectivity index (χ2n) is 4.92. The molecule has 1 aromatic rings. The van der Waals surface area contributed by atoms with Gasteiger partial charge in [-0.15, -0.1) is 0 Å².